The van der Waals surface area contributed by atoms with E-state index in [-0.39, 0.29) is 18.9 Å². The molecule has 0 radical (unpaired) electrons. The number of nitrogens with one attached hydrogen (secondary N) is 1. The summed E-state index contributed by atoms with van der Waals surface area (Å²) in [6.07, 6.45) is 1.42. The van der Waals surface area contributed by atoms with Crippen molar-refractivity contribution in [1.82, 2.24) is 4.90 Å². The molecule has 0 unspecified atom stereocenters. The van der Waals surface area contributed by atoms with Crippen molar-refractivity contribution in [3.05, 3.63) is 65.5 Å². The van der Waals surface area contributed by atoms with Gasteiger partial charge in [0.1, 0.15) is 0 Å². The summed E-state index contributed by atoms with van der Waals surface area (Å²) >= 11 is 0. The van der Waals surface area contributed by atoms with E-state index in [1.807, 2.05) is 37.3 Å². The largest absolute Gasteiger partial charge is 0.333 e. The van der Waals surface area contributed by atoms with Gasteiger partial charge < -0.3 is 10.2 Å². The van der Waals surface area contributed by atoms with Crippen molar-refractivity contribution in [1.29, 1.82) is 0 Å². The lowest BCUT2D eigenvalue weighted by Crippen LogP contribution is -2.38. The van der Waals surface area contributed by atoms with Gasteiger partial charge in [0.05, 0.1) is 12.2 Å². The highest BCUT2D eigenvalue weighted by atomic mass is 19.2. The number of rotatable bonds is 8. The van der Waals surface area contributed by atoms with Gasteiger partial charge in [-0.05, 0) is 30.5 Å². The Morgan fingerprint density at radius 1 is 1.00 bits per heavy atom. The number of amides is 2. The molecule has 0 bridgehead atoms. The number of carbonyl (C=O) groups excluding carboxylic acids is 2. The summed E-state index contributed by atoms with van der Waals surface area (Å²) in [5, 5.41) is 2.18. The molecule has 4 nitrogen and oxygen atoms in total. The molecule has 0 aliphatic rings. The molecule has 27 heavy (non-hydrogen) atoms. The number of hydrogen-bond donors (Lipinski definition) is 1. The molecule has 0 saturated heterocycles. The van der Waals surface area contributed by atoms with E-state index in [0.29, 0.717) is 19.4 Å². The van der Waals surface area contributed by atoms with Crippen molar-refractivity contribution >= 4 is 17.5 Å². The van der Waals surface area contributed by atoms with Crippen LogP contribution in [0.3, 0.4) is 0 Å². The van der Waals surface area contributed by atoms with Crippen molar-refractivity contribution in [3.63, 3.8) is 0 Å². The van der Waals surface area contributed by atoms with Crippen LogP contribution in [-0.4, -0.2) is 29.8 Å². The molecule has 2 amide bonds. The standard InChI is InChI=1S/C20H21F3N2O2/c1-2-12-25(18(27)11-8-14-6-4-3-5-7-14)13-17(26)24-16-10-9-15(21)19(22)20(16)23/h3-7,9-10H,2,8,11-13H2,1H3,(H,24,26). The summed E-state index contributed by atoms with van der Waals surface area (Å²) in [5.74, 6) is -5.35. The number of anilines is 1. The lowest BCUT2D eigenvalue weighted by Gasteiger charge is -2.22. The van der Waals surface area contributed by atoms with Crippen molar-refractivity contribution in [2.24, 2.45) is 0 Å². The zero-order chi connectivity index (χ0) is 19.8. The molecule has 0 aliphatic carbocycles. The third-order valence-electron chi connectivity index (χ3n) is 3.96. The Balaban J connectivity index is 1.97. The van der Waals surface area contributed by atoms with E-state index in [4.69, 9.17) is 0 Å². The van der Waals surface area contributed by atoms with Gasteiger partial charge in [0.25, 0.3) is 0 Å². The van der Waals surface area contributed by atoms with E-state index in [2.05, 4.69) is 5.32 Å². The summed E-state index contributed by atoms with van der Waals surface area (Å²) < 4.78 is 39.9. The molecular weight excluding hydrogens is 357 g/mol. The van der Waals surface area contributed by atoms with E-state index in [0.717, 1.165) is 17.7 Å². The third kappa shape index (κ3) is 5.84. The van der Waals surface area contributed by atoms with Crippen LogP contribution < -0.4 is 5.32 Å². The first-order valence-electron chi connectivity index (χ1n) is 8.67. The quantitative estimate of drug-likeness (QED) is 0.708. The number of aryl methyl sites for hydroxylation is 1. The SMILES string of the molecule is CCCN(CC(=O)Nc1ccc(F)c(F)c1F)C(=O)CCc1ccccc1. The van der Waals surface area contributed by atoms with Gasteiger partial charge in [-0.1, -0.05) is 37.3 Å². The van der Waals surface area contributed by atoms with Crippen LogP contribution in [0.1, 0.15) is 25.3 Å². The van der Waals surface area contributed by atoms with Crippen molar-refractivity contribution in [3.8, 4) is 0 Å². The summed E-state index contributed by atoms with van der Waals surface area (Å²) in [6, 6.07) is 11.1. The number of halogens is 3. The molecule has 2 rings (SSSR count). The van der Waals surface area contributed by atoms with Crippen LogP contribution in [0.15, 0.2) is 42.5 Å². The highest BCUT2D eigenvalue weighted by Gasteiger charge is 2.19. The van der Waals surface area contributed by atoms with E-state index in [1.165, 1.54) is 4.90 Å². The van der Waals surface area contributed by atoms with Gasteiger partial charge in [-0.2, -0.15) is 0 Å². The minimum atomic E-state index is -1.66. The zero-order valence-corrected chi connectivity index (χ0v) is 15.0. The first kappa shape index (κ1) is 20.5. The fraction of sp³-hybridized carbons (Fsp3) is 0.300. The van der Waals surface area contributed by atoms with Crippen molar-refractivity contribution in [2.75, 3.05) is 18.4 Å². The fourth-order valence-electron chi connectivity index (χ4n) is 2.60. The van der Waals surface area contributed by atoms with Crippen LogP contribution in [0.5, 0.6) is 0 Å². The van der Waals surface area contributed by atoms with Gasteiger partial charge in [0.2, 0.25) is 11.8 Å². The Labute approximate surface area is 156 Å². The van der Waals surface area contributed by atoms with Gasteiger partial charge in [0.15, 0.2) is 17.5 Å². The fourth-order valence-corrected chi connectivity index (χ4v) is 2.60. The molecule has 0 spiro atoms. The maximum atomic E-state index is 13.7. The highest BCUT2D eigenvalue weighted by Crippen LogP contribution is 2.19. The summed E-state index contributed by atoms with van der Waals surface area (Å²) in [6.45, 7) is 1.94. The summed E-state index contributed by atoms with van der Waals surface area (Å²) in [4.78, 5) is 25.9. The van der Waals surface area contributed by atoms with E-state index in [1.54, 1.807) is 0 Å². The average Bonchev–Trinajstić information content (AvgIpc) is 2.67. The number of benzene rings is 2. The topological polar surface area (TPSA) is 49.4 Å². The van der Waals surface area contributed by atoms with Gasteiger partial charge in [-0.25, -0.2) is 13.2 Å². The molecule has 0 saturated carbocycles. The molecule has 0 aromatic heterocycles. The predicted octanol–water partition coefficient (Wildman–Crippen LogP) is 3.91. The van der Waals surface area contributed by atoms with Crippen LogP contribution in [0, 0.1) is 17.5 Å². The maximum Gasteiger partial charge on any atom is 0.244 e. The molecule has 144 valence electrons. The molecular formula is C20H21F3N2O2. The summed E-state index contributed by atoms with van der Waals surface area (Å²) in [7, 11) is 0. The molecule has 2 aromatic rings. The van der Waals surface area contributed by atoms with Crippen LogP contribution >= 0.6 is 0 Å². The first-order valence-corrected chi connectivity index (χ1v) is 8.67. The number of hydrogen-bond acceptors (Lipinski definition) is 2. The van der Waals surface area contributed by atoms with Gasteiger partial charge in [-0.15, -0.1) is 0 Å². The van der Waals surface area contributed by atoms with E-state index >= 15 is 0 Å². The third-order valence-corrected chi connectivity index (χ3v) is 3.96. The van der Waals surface area contributed by atoms with Crippen LogP contribution in [0.2, 0.25) is 0 Å². The van der Waals surface area contributed by atoms with Crippen LogP contribution in [-0.2, 0) is 16.0 Å². The normalized spacial score (nSPS) is 10.5. The van der Waals surface area contributed by atoms with Gasteiger partial charge in [0, 0.05) is 13.0 Å². The van der Waals surface area contributed by atoms with Gasteiger partial charge in [-0.3, -0.25) is 9.59 Å². The molecule has 0 atom stereocenters. The number of carbonyl (C=O) groups is 2. The lowest BCUT2D eigenvalue weighted by atomic mass is 10.1. The first-order chi connectivity index (χ1) is 12.9. The van der Waals surface area contributed by atoms with E-state index < -0.39 is 29.0 Å². The Morgan fingerprint density at radius 2 is 1.70 bits per heavy atom. The second kappa shape index (κ2) is 9.75. The Hall–Kier alpha value is -2.83. The molecule has 1 N–H and O–H groups in total. The van der Waals surface area contributed by atoms with Crippen molar-refractivity contribution in [2.45, 2.75) is 26.2 Å². The lowest BCUT2D eigenvalue weighted by molar-refractivity contribution is -0.134. The number of nitrogens with zero attached hydrogens (tertiary/aromatic N) is 1. The molecule has 0 fully saturated rings. The van der Waals surface area contributed by atoms with Gasteiger partial charge >= 0.3 is 0 Å². The molecule has 0 heterocycles. The molecule has 7 heteroatoms. The minimum absolute atomic E-state index is 0.207. The highest BCUT2D eigenvalue weighted by molar-refractivity contribution is 5.94. The Kier molecular flexibility index (Phi) is 7.40. The summed E-state index contributed by atoms with van der Waals surface area (Å²) in [5.41, 5.74) is 0.544. The van der Waals surface area contributed by atoms with E-state index in [9.17, 15) is 22.8 Å². The Morgan fingerprint density at radius 3 is 2.37 bits per heavy atom. The Bertz CT molecular complexity index is 797. The smallest absolute Gasteiger partial charge is 0.244 e. The average molecular weight is 378 g/mol. The van der Waals surface area contributed by atoms with Crippen LogP contribution in [0.25, 0.3) is 0 Å². The monoisotopic (exact) mass is 378 g/mol. The second-order valence-corrected chi connectivity index (χ2v) is 6.07. The predicted molar refractivity (Wildman–Crippen MR) is 96.6 cm³/mol. The molecule has 0 aliphatic heterocycles. The van der Waals surface area contributed by atoms with Crippen LogP contribution in [0.4, 0.5) is 18.9 Å². The maximum absolute atomic E-state index is 13.7. The minimum Gasteiger partial charge on any atom is -0.333 e. The molecule has 2 aromatic carbocycles. The zero-order valence-electron chi connectivity index (χ0n) is 15.0. The second-order valence-electron chi connectivity index (χ2n) is 6.07. The van der Waals surface area contributed by atoms with Crippen molar-refractivity contribution < 1.29 is 22.8 Å².